The highest BCUT2D eigenvalue weighted by Crippen LogP contribution is 2.24. The largest absolute Gasteiger partial charge is 0.392 e. The number of rotatable bonds is 5. The lowest BCUT2D eigenvalue weighted by Crippen LogP contribution is -2.25. The molecule has 2 aromatic rings. The van der Waals surface area contributed by atoms with Gasteiger partial charge in [-0.1, -0.05) is 49.4 Å². The second-order valence-electron chi connectivity index (χ2n) is 5.06. The maximum absolute atomic E-state index is 9.40. The quantitative estimate of drug-likeness (QED) is 0.505. The van der Waals surface area contributed by atoms with Crippen molar-refractivity contribution in [2.75, 3.05) is 5.01 Å². The average Bonchev–Trinajstić information content (AvgIpc) is 2.59. The smallest absolute Gasteiger partial charge is 0.0969 e. The Hall–Kier alpha value is -2.61. The SMILES string of the molecule is CC(/C(C#N)=C\N(N)c1ccc(CO)cc1)c1ccccc1. The Morgan fingerprint density at radius 3 is 2.41 bits per heavy atom. The minimum atomic E-state index is -0.0334. The first-order valence-electron chi connectivity index (χ1n) is 7.06. The lowest BCUT2D eigenvalue weighted by atomic mass is 9.94. The van der Waals surface area contributed by atoms with Gasteiger partial charge in [-0.3, -0.25) is 5.01 Å². The van der Waals surface area contributed by atoms with Gasteiger partial charge in [-0.2, -0.15) is 5.26 Å². The molecule has 0 spiro atoms. The summed E-state index contributed by atoms with van der Waals surface area (Å²) in [4.78, 5) is 0. The third-order valence-electron chi connectivity index (χ3n) is 3.59. The molecule has 0 aromatic heterocycles. The number of allylic oxidation sites excluding steroid dienone is 1. The van der Waals surface area contributed by atoms with Crippen LogP contribution in [0.25, 0.3) is 0 Å². The van der Waals surface area contributed by atoms with Crippen molar-refractivity contribution in [1.82, 2.24) is 0 Å². The molecule has 22 heavy (non-hydrogen) atoms. The van der Waals surface area contributed by atoms with Crippen LogP contribution in [0.3, 0.4) is 0 Å². The van der Waals surface area contributed by atoms with Gasteiger partial charge in [-0.05, 0) is 23.3 Å². The first-order valence-corrected chi connectivity index (χ1v) is 7.06. The monoisotopic (exact) mass is 293 g/mol. The molecule has 2 rings (SSSR count). The molecule has 0 bridgehead atoms. The molecule has 3 N–H and O–H groups in total. The number of nitrogens with two attached hydrogens (primary N) is 1. The summed E-state index contributed by atoms with van der Waals surface area (Å²) in [6.07, 6.45) is 1.64. The van der Waals surface area contributed by atoms with E-state index < -0.39 is 0 Å². The van der Waals surface area contributed by atoms with Gasteiger partial charge < -0.3 is 5.11 Å². The van der Waals surface area contributed by atoms with Crippen LogP contribution >= 0.6 is 0 Å². The second-order valence-corrected chi connectivity index (χ2v) is 5.06. The molecule has 4 heteroatoms. The lowest BCUT2D eigenvalue weighted by molar-refractivity contribution is 0.282. The van der Waals surface area contributed by atoms with Crippen LogP contribution in [0.4, 0.5) is 5.69 Å². The van der Waals surface area contributed by atoms with Crippen LogP contribution in [0, 0.1) is 11.3 Å². The van der Waals surface area contributed by atoms with E-state index in [1.165, 1.54) is 5.01 Å². The van der Waals surface area contributed by atoms with Crippen LogP contribution in [0.1, 0.15) is 24.0 Å². The molecule has 0 fully saturated rings. The van der Waals surface area contributed by atoms with Crippen molar-refractivity contribution in [2.45, 2.75) is 19.4 Å². The topological polar surface area (TPSA) is 73.3 Å². The standard InChI is InChI=1S/C18H19N3O/c1-14(16-5-3-2-4-6-16)17(11-19)12-21(20)18-9-7-15(13-22)8-10-18/h2-10,12,14,22H,13,20H2,1H3/b17-12-. The first-order chi connectivity index (χ1) is 10.7. The van der Waals surface area contributed by atoms with Crippen molar-refractivity contribution in [3.8, 4) is 6.07 Å². The van der Waals surface area contributed by atoms with Crippen LogP contribution in [0.2, 0.25) is 0 Å². The maximum atomic E-state index is 9.40. The Morgan fingerprint density at radius 1 is 1.23 bits per heavy atom. The van der Waals surface area contributed by atoms with Crippen LogP contribution in [-0.2, 0) is 6.61 Å². The van der Waals surface area contributed by atoms with Crippen LogP contribution in [0.5, 0.6) is 0 Å². The van der Waals surface area contributed by atoms with Crippen molar-refractivity contribution in [2.24, 2.45) is 5.84 Å². The molecular weight excluding hydrogens is 274 g/mol. The Balaban J connectivity index is 2.22. The predicted octanol–water partition coefficient (Wildman–Crippen LogP) is 3.07. The summed E-state index contributed by atoms with van der Waals surface area (Å²) in [7, 11) is 0. The number of aliphatic hydroxyl groups excluding tert-OH is 1. The molecule has 0 aliphatic carbocycles. The molecule has 0 amide bonds. The fourth-order valence-electron chi connectivity index (χ4n) is 2.16. The Labute approximate surface area is 130 Å². The molecule has 0 heterocycles. The predicted molar refractivity (Wildman–Crippen MR) is 87.6 cm³/mol. The highest BCUT2D eigenvalue weighted by Gasteiger charge is 2.12. The lowest BCUT2D eigenvalue weighted by Gasteiger charge is -2.17. The van der Waals surface area contributed by atoms with E-state index in [-0.39, 0.29) is 12.5 Å². The van der Waals surface area contributed by atoms with Crippen molar-refractivity contribution in [1.29, 1.82) is 5.26 Å². The van der Waals surface area contributed by atoms with Crippen LogP contribution in [-0.4, -0.2) is 5.11 Å². The number of aliphatic hydroxyl groups is 1. The van der Waals surface area contributed by atoms with Gasteiger partial charge in [-0.15, -0.1) is 0 Å². The summed E-state index contributed by atoms with van der Waals surface area (Å²) in [5.41, 5.74) is 3.23. The molecule has 1 atom stereocenters. The maximum Gasteiger partial charge on any atom is 0.0969 e. The van der Waals surface area contributed by atoms with Crippen molar-refractivity contribution in [3.05, 3.63) is 77.5 Å². The zero-order valence-electron chi connectivity index (χ0n) is 12.5. The van der Waals surface area contributed by atoms with Gasteiger partial charge in [0.1, 0.15) is 0 Å². The van der Waals surface area contributed by atoms with E-state index >= 15 is 0 Å². The van der Waals surface area contributed by atoms with Crippen LogP contribution < -0.4 is 10.9 Å². The van der Waals surface area contributed by atoms with E-state index in [0.29, 0.717) is 5.57 Å². The minimum Gasteiger partial charge on any atom is -0.392 e. The van der Waals surface area contributed by atoms with Gasteiger partial charge in [-0.25, -0.2) is 5.84 Å². The molecule has 0 radical (unpaired) electrons. The number of benzene rings is 2. The molecule has 0 saturated carbocycles. The van der Waals surface area contributed by atoms with E-state index in [4.69, 9.17) is 10.9 Å². The van der Waals surface area contributed by atoms with E-state index in [2.05, 4.69) is 6.07 Å². The molecule has 2 aromatic carbocycles. The van der Waals surface area contributed by atoms with E-state index in [9.17, 15) is 5.26 Å². The zero-order valence-corrected chi connectivity index (χ0v) is 12.5. The van der Waals surface area contributed by atoms with Crippen molar-refractivity contribution >= 4 is 5.69 Å². The van der Waals surface area contributed by atoms with Gasteiger partial charge in [0.25, 0.3) is 0 Å². The number of anilines is 1. The van der Waals surface area contributed by atoms with E-state index in [1.807, 2.05) is 49.4 Å². The van der Waals surface area contributed by atoms with Gasteiger partial charge >= 0.3 is 0 Å². The summed E-state index contributed by atoms with van der Waals surface area (Å²) in [5, 5.41) is 19.9. The summed E-state index contributed by atoms with van der Waals surface area (Å²) in [6, 6.07) is 19.3. The number of nitriles is 1. The van der Waals surface area contributed by atoms with Gasteiger partial charge in [0, 0.05) is 12.1 Å². The average molecular weight is 293 g/mol. The normalized spacial score (nSPS) is 12.5. The molecule has 0 aliphatic rings. The zero-order chi connectivity index (χ0) is 15.9. The van der Waals surface area contributed by atoms with Crippen molar-refractivity contribution < 1.29 is 5.11 Å². The third-order valence-corrected chi connectivity index (χ3v) is 3.59. The number of hydrazine groups is 1. The number of hydrogen-bond acceptors (Lipinski definition) is 4. The second kappa shape index (κ2) is 7.41. The fraction of sp³-hybridized carbons (Fsp3) is 0.167. The van der Waals surface area contributed by atoms with Crippen LogP contribution in [0.15, 0.2) is 66.4 Å². The summed E-state index contributed by atoms with van der Waals surface area (Å²) >= 11 is 0. The Morgan fingerprint density at radius 2 is 1.86 bits per heavy atom. The molecule has 4 nitrogen and oxygen atoms in total. The number of nitrogens with zero attached hydrogens (tertiary/aromatic N) is 2. The minimum absolute atomic E-state index is 0.00478. The molecule has 112 valence electrons. The highest BCUT2D eigenvalue weighted by atomic mass is 16.3. The third kappa shape index (κ3) is 3.73. The van der Waals surface area contributed by atoms with Crippen molar-refractivity contribution in [3.63, 3.8) is 0 Å². The Bertz CT molecular complexity index is 672. The van der Waals surface area contributed by atoms with Gasteiger partial charge in [0.15, 0.2) is 0 Å². The molecule has 0 saturated heterocycles. The van der Waals surface area contributed by atoms with E-state index in [1.54, 1.807) is 18.3 Å². The first kappa shape index (κ1) is 15.8. The summed E-state index contributed by atoms with van der Waals surface area (Å²) in [6.45, 7) is 1.97. The molecule has 1 unspecified atom stereocenters. The fourth-order valence-corrected chi connectivity index (χ4v) is 2.16. The van der Waals surface area contributed by atoms with Gasteiger partial charge in [0.2, 0.25) is 0 Å². The Kier molecular flexibility index (Phi) is 5.31. The highest BCUT2D eigenvalue weighted by molar-refractivity contribution is 5.51. The van der Waals surface area contributed by atoms with Gasteiger partial charge in [0.05, 0.1) is 23.9 Å². The summed E-state index contributed by atoms with van der Waals surface area (Å²) < 4.78 is 0. The summed E-state index contributed by atoms with van der Waals surface area (Å²) in [5.74, 6) is 5.99. The molecule has 0 aliphatic heterocycles. The van der Waals surface area contributed by atoms with E-state index in [0.717, 1.165) is 16.8 Å². The molecular formula is C18H19N3O. The number of hydrogen-bond donors (Lipinski definition) is 2.